The van der Waals surface area contributed by atoms with E-state index in [2.05, 4.69) is 13.8 Å². The summed E-state index contributed by atoms with van der Waals surface area (Å²) >= 11 is 0. The van der Waals surface area contributed by atoms with Crippen LogP contribution in [-0.4, -0.2) is 17.4 Å². The standard InChI is InChI=1S/C17H15O4/c1-17(2,12-3-7-14(19)8-4-12)13-5-9-15(10-6-13)21-16(20)11-18/h3-10,19H,1-2H3. The molecule has 0 bridgehead atoms. The van der Waals surface area contributed by atoms with Gasteiger partial charge in [0.15, 0.2) is 0 Å². The van der Waals surface area contributed by atoms with Crippen molar-refractivity contribution >= 4 is 12.3 Å². The zero-order chi connectivity index (χ0) is 15.5. The Morgan fingerprint density at radius 1 is 1.00 bits per heavy atom. The van der Waals surface area contributed by atoms with Gasteiger partial charge in [-0.1, -0.05) is 38.1 Å². The quantitative estimate of drug-likeness (QED) is 0.532. The van der Waals surface area contributed by atoms with Gasteiger partial charge >= 0.3 is 12.3 Å². The number of ether oxygens (including phenoxy) is 1. The highest BCUT2D eigenvalue weighted by Gasteiger charge is 2.23. The number of rotatable bonds is 4. The lowest BCUT2D eigenvalue weighted by atomic mass is 9.78. The second-order valence-electron chi connectivity index (χ2n) is 5.19. The zero-order valence-electron chi connectivity index (χ0n) is 11.8. The molecule has 2 aromatic carbocycles. The normalized spacial score (nSPS) is 11.0. The van der Waals surface area contributed by atoms with E-state index in [0.29, 0.717) is 5.75 Å². The van der Waals surface area contributed by atoms with E-state index in [9.17, 15) is 14.7 Å². The van der Waals surface area contributed by atoms with Gasteiger partial charge < -0.3 is 9.84 Å². The number of carbonyl (C=O) groups excluding carboxylic acids is 2. The molecule has 0 spiro atoms. The Bertz CT molecular complexity index is 639. The maximum absolute atomic E-state index is 10.8. The molecule has 4 heteroatoms. The van der Waals surface area contributed by atoms with Gasteiger partial charge in [0.1, 0.15) is 11.5 Å². The third-order valence-corrected chi connectivity index (χ3v) is 3.46. The van der Waals surface area contributed by atoms with Crippen LogP contribution >= 0.6 is 0 Å². The second kappa shape index (κ2) is 5.79. The van der Waals surface area contributed by atoms with Gasteiger partial charge in [-0.2, -0.15) is 0 Å². The highest BCUT2D eigenvalue weighted by atomic mass is 16.5. The van der Waals surface area contributed by atoms with E-state index < -0.39 is 5.97 Å². The highest BCUT2D eigenvalue weighted by Crippen LogP contribution is 2.33. The lowest BCUT2D eigenvalue weighted by Gasteiger charge is -2.26. The second-order valence-corrected chi connectivity index (χ2v) is 5.19. The predicted octanol–water partition coefficient (Wildman–Crippen LogP) is 2.73. The van der Waals surface area contributed by atoms with Crippen LogP contribution in [0.25, 0.3) is 0 Å². The van der Waals surface area contributed by atoms with Crippen LogP contribution in [0.1, 0.15) is 25.0 Å². The SMILES string of the molecule is CC(C)(c1ccc(O)cc1)c1ccc(OC(=O)[C]=O)cc1. The zero-order valence-corrected chi connectivity index (χ0v) is 11.8. The summed E-state index contributed by atoms with van der Waals surface area (Å²) in [6, 6.07) is 14.0. The van der Waals surface area contributed by atoms with Gasteiger partial charge in [0, 0.05) is 5.41 Å². The fraction of sp³-hybridized carbons (Fsp3) is 0.176. The van der Waals surface area contributed by atoms with Gasteiger partial charge in [-0.05, 0) is 35.4 Å². The summed E-state index contributed by atoms with van der Waals surface area (Å²) in [5.74, 6) is -0.518. The number of hydrogen-bond donors (Lipinski definition) is 1. The van der Waals surface area contributed by atoms with Gasteiger partial charge in [-0.15, -0.1) is 0 Å². The fourth-order valence-corrected chi connectivity index (χ4v) is 2.11. The van der Waals surface area contributed by atoms with E-state index in [0.717, 1.165) is 17.4 Å². The third-order valence-electron chi connectivity index (χ3n) is 3.46. The van der Waals surface area contributed by atoms with Crippen molar-refractivity contribution in [2.75, 3.05) is 0 Å². The predicted molar refractivity (Wildman–Crippen MR) is 78.0 cm³/mol. The van der Waals surface area contributed by atoms with Crippen molar-refractivity contribution in [2.45, 2.75) is 19.3 Å². The number of phenols is 1. The number of aromatic hydroxyl groups is 1. The van der Waals surface area contributed by atoms with Gasteiger partial charge in [-0.25, -0.2) is 4.79 Å². The number of hydrogen-bond acceptors (Lipinski definition) is 4. The molecule has 0 aromatic heterocycles. The molecule has 0 saturated carbocycles. The summed E-state index contributed by atoms with van der Waals surface area (Å²) in [5.41, 5.74) is 1.79. The van der Waals surface area contributed by atoms with Gasteiger partial charge in [0.25, 0.3) is 0 Å². The summed E-state index contributed by atoms with van der Waals surface area (Å²) in [5, 5.41) is 9.36. The monoisotopic (exact) mass is 283 g/mol. The molecule has 0 aliphatic heterocycles. The molecule has 0 aliphatic carbocycles. The summed E-state index contributed by atoms with van der Waals surface area (Å²) in [6.45, 7) is 4.11. The van der Waals surface area contributed by atoms with Crippen molar-refractivity contribution in [3.8, 4) is 11.5 Å². The Morgan fingerprint density at radius 3 is 1.95 bits per heavy atom. The minimum Gasteiger partial charge on any atom is -0.508 e. The Kier molecular flexibility index (Phi) is 4.08. The minimum atomic E-state index is -1.04. The van der Waals surface area contributed by atoms with Crippen LogP contribution in [0, 0.1) is 0 Å². The molecular formula is C17H15O4. The first-order valence-corrected chi connectivity index (χ1v) is 6.43. The summed E-state index contributed by atoms with van der Waals surface area (Å²) in [7, 11) is 0. The van der Waals surface area contributed by atoms with Crippen LogP contribution in [0.15, 0.2) is 48.5 Å². The van der Waals surface area contributed by atoms with Crippen LogP contribution in [-0.2, 0) is 15.0 Å². The van der Waals surface area contributed by atoms with Crippen molar-refractivity contribution < 1.29 is 19.4 Å². The van der Waals surface area contributed by atoms with Crippen molar-refractivity contribution in [1.29, 1.82) is 0 Å². The maximum atomic E-state index is 10.8. The molecule has 0 fully saturated rings. The summed E-state index contributed by atoms with van der Waals surface area (Å²) in [4.78, 5) is 21.0. The van der Waals surface area contributed by atoms with Crippen LogP contribution in [0.3, 0.4) is 0 Å². The first-order valence-electron chi connectivity index (χ1n) is 6.43. The summed E-state index contributed by atoms with van der Waals surface area (Å²) in [6.07, 6.45) is 1.15. The lowest BCUT2D eigenvalue weighted by molar-refractivity contribution is -0.127. The molecule has 107 valence electrons. The first-order chi connectivity index (χ1) is 9.93. The average Bonchev–Trinajstić information content (AvgIpc) is 2.48. The smallest absolute Gasteiger partial charge is 0.388 e. The molecule has 0 heterocycles. The number of esters is 1. The van der Waals surface area contributed by atoms with Crippen molar-refractivity contribution in [3.63, 3.8) is 0 Å². The van der Waals surface area contributed by atoms with Gasteiger partial charge in [0.2, 0.25) is 0 Å². The molecule has 0 saturated heterocycles. The largest absolute Gasteiger partial charge is 0.508 e. The van der Waals surface area contributed by atoms with Crippen molar-refractivity contribution in [2.24, 2.45) is 0 Å². The van der Waals surface area contributed by atoms with Crippen LogP contribution < -0.4 is 4.74 Å². The van der Waals surface area contributed by atoms with E-state index in [4.69, 9.17) is 4.74 Å². The molecule has 21 heavy (non-hydrogen) atoms. The molecule has 0 amide bonds. The minimum absolute atomic E-state index is 0.224. The molecule has 1 N–H and O–H groups in total. The maximum Gasteiger partial charge on any atom is 0.388 e. The molecule has 2 rings (SSSR count). The molecule has 0 atom stereocenters. The first kappa shape index (κ1) is 14.8. The Morgan fingerprint density at radius 2 is 1.48 bits per heavy atom. The molecular weight excluding hydrogens is 268 g/mol. The highest BCUT2D eigenvalue weighted by molar-refractivity contribution is 6.21. The third kappa shape index (κ3) is 3.28. The average molecular weight is 283 g/mol. The van der Waals surface area contributed by atoms with E-state index in [-0.39, 0.29) is 11.2 Å². The number of benzene rings is 2. The van der Waals surface area contributed by atoms with Crippen molar-refractivity contribution in [1.82, 2.24) is 0 Å². The van der Waals surface area contributed by atoms with Gasteiger partial charge in [0.05, 0.1) is 0 Å². The van der Waals surface area contributed by atoms with E-state index in [1.54, 1.807) is 24.3 Å². The topological polar surface area (TPSA) is 63.6 Å². The lowest BCUT2D eigenvalue weighted by Crippen LogP contribution is -2.18. The fourth-order valence-electron chi connectivity index (χ4n) is 2.11. The molecule has 4 nitrogen and oxygen atoms in total. The van der Waals surface area contributed by atoms with E-state index >= 15 is 0 Å². The van der Waals surface area contributed by atoms with Gasteiger partial charge in [-0.3, -0.25) is 4.79 Å². The molecule has 0 aliphatic rings. The van der Waals surface area contributed by atoms with E-state index in [1.165, 1.54) is 0 Å². The Balaban J connectivity index is 2.26. The van der Waals surface area contributed by atoms with Crippen molar-refractivity contribution in [3.05, 3.63) is 59.7 Å². The van der Waals surface area contributed by atoms with Crippen LogP contribution in [0.2, 0.25) is 0 Å². The number of carbonyl (C=O) groups is 1. The molecule has 2 aromatic rings. The Hall–Kier alpha value is -2.62. The molecule has 1 radical (unpaired) electrons. The number of phenolic OH excluding ortho intramolecular Hbond substituents is 1. The summed E-state index contributed by atoms with van der Waals surface area (Å²) < 4.78 is 4.76. The van der Waals surface area contributed by atoms with E-state index in [1.807, 2.05) is 24.3 Å². The Labute approximate surface area is 123 Å². The molecule has 0 unspecified atom stereocenters. The van der Waals surface area contributed by atoms with Crippen LogP contribution in [0.5, 0.6) is 11.5 Å². The van der Waals surface area contributed by atoms with Crippen LogP contribution in [0.4, 0.5) is 0 Å².